The van der Waals surface area contributed by atoms with Gasteiger partial charge in [-0.2, -0.15) is 0 Å². The molecule has 2 aromatic carbocycles. The highest BCUT2D eigenvalue weighted by molar-refractivity contribution is 5.99. The summed E-state index contributed by atoms with van der Waals surface area (Å²) < 4.78 is 22.5. The Kier molecular flexibility index (Phi) is 9.93. The molecular formula is C27H31N3O6. The molecule has 3 aromatic rings. The van der Waals surface area contributed by atoms with Crippen molar-refractivity contribution in [2.75, 3.05) is 20.3 Å². The fraction of sp³-hybridized carbons (Fsp3) is 0.296. The molecule has 3 rings (SSSR count). The summed E-state index contributed by atoms with van der Waals surface area (Å²) in [4.78, 5) is 29.3. The van der Waals surface area contributed by atoms with Crippen LogP contribution >= 0.6 is 0 Å². The maximum Gasteiger partial charge on any atom is 0.269 e. The van der Waals surface area contributed by atoms with E-state index in [1.54, 1.807) is 48.8 Å². The fourth-order valence-corrected chi connectivity index (χ4v) is 3.19. The molecule has 0 spiro atoms. The van der Waals surface area contributed by atoms with Gasteiger partial charge in [-0.1, -0.05) is 13.3 Å². The zero-order chi connectivity index (χ0) is 25.8. The third-order valence-electron chi connectivity index (χ3n) is 5.12. The minimum Gasteiger partial charge on any atom is -0.493 e. The number of nitrogens with one attached hydrogen (secondary N) is 2. The van der Waals surface area contributed by atoms with Crippen LogP contribution in [0.2, 0.25) is 0 Å². The molecule has 0 aliphatic carbocycles. The number of hydrogen-bond donors (Lipinski definition) is 2. The number of aromatic nitrogens is 1. The van der Waals surface area contributed by atoms with Gasteiger partial charge in [-0.25, -0.2) is 0 Å². The lowest BCUT2D eigenvalue weighted by molar-refractivity contribution is 0.0846. The zero-order valence-electron chi connectivity index (χ0n) is 20.7. The molecule has 2 amide bonds. The number of nitrogens with zero attached hydrogens (tertiary/aromatic N) is 1. The summed E-state index contributed by atoms with van der Waals surface area (Å²) in [6, 6.07) is 13.4. The van der Waals surface area contributed by atoms with Gasteiger partial charge in [-0.15, -0.1) is 0 Å². The second-order valence-electron chi connectivity index (χ2n) is 7.71. The van der Waals surface area contributed by atoms with E-state index < -0.39 is 11.8 Å². The van der Waals surface area contributed by atoms with Crippen LogP contribution in [0.5, 0.6) is 23.0 Å². The molecule has 9 heteroatoms. The third kappa shape index (κ3) is 7.36. The zero-order valence-corrected chi connectivity index (χ0v) is 20.7. The van der Waals surface area contributed by atoms with E-state index in [-0.39, 0.29) is 0 Å². The lowest BCUT2D eigenvalue weighted by Gasteiger charge is -2.14. The van der Waals surface area contributed by atoms with E-state index in [1.807, 2.05) is 19.1 Å². The molecule has 0 saturated carbocycles. The molecule has 0 fully saturated rings. The molecule has 0 atom stereocenters. The molecule has 1 heterocycles. The van der Waals surface area contributed by atoms with Crippen LogP contribution in [0.1, 0.15) is 53.0 Å². The predicted molar refractivity (Wildman–Crippen MR) is 135 cm³/mol. The highest BCUT2D eigenvalue weighted by atomic mass is 16.5. The van der Waals surface area contributed by atoms with Gasteiger partial charge in [0.25, 0.3) is 11.8 Å². The van der Waals surface area contributed by atoms with Gasteiger partial charge < -0.3 is 18.9 Å². The molecule has 0 aliphatic rings. The van der Waals surface area contributed by atoms with Crippen molar-refractivity contribution in [2.24, 2.45) is 0 Å². The third-order valence-corrected chi connectivity index (χ3v) is 5.12. The molecule has 0 bridgehead atoms. The van der Waals surface area contributed by atoms with E-state index in [0.717, 1.165) is 18.4 Å². The Bertz CT molecular complexity index is 1150. The Balaban J connectivity index is 1.62. The molecule has 0 unspecified atom stereocenters. The van der Waals surface area contributed by atoms with E-state index >= 15 is 0 Å². The van der Waals surface area contributed by atoms with E-state index in [2.05, 4.69) is 22.8 Å². The van der Waals surface area contributed by atoms with Crippen molar-refractivity contribution in [3.8, 4) is 23.0 Å². The molecule has 9 nitrogen and oxygen atoms in total. The largest absolute Gasteiger partial charge is 0.493 e. The highest BCUT2D eigenvalue weighted by Crippen LogP contribution is 2.30. The smallest absolute Gasteiger partial charge is 0.269 e. The normalized spacial score (nSPS) is 10.3. The van der Waals surface area contributed by atoms with Crippen molar-refractivity contribution in [1.82, 2.24) is 15.8 Å². The standard InChI is InChI=1S/C27H31N3O6/c1-4-6-15-35-22-9-7-20(16-24(22)33-3)26(31)29-30-27(32)21-8-10-23(25(17-21)34-5-2)36-18-19-11-13-28-14-12-19/h7-14,16-17H,4-6,15,18H2,1-3H3,(H,29,31)(H,30,32). The minimum atomic E-state index is -0.503. The number of hydrazine groups is 1. The first-order valence-electron chi connectivity index (χ1n) is 11.8. The first-order chi connectivity index (χ1) is 17.5. The van der Waals surface area contributed by atoms with Crippen LogP contribution in [0, 0.1) is 0 Å². The van der Waals surface area contributed by atoms with Crippen LogP contribution in [0.25, 0.3) is 0 Å². The Morgan fingerprint density at radius 2 is 1.39 bits per heavy atom. The van der Waals surface area contributed by atoms with Crippen LogP contribution in [0.15, 0.2) is 60.9 Å². The topological polar surface area (TPSA) is 108 Å². The van der Waals surface area contributed by atoms with E-state index in [4.69, 9.17) is 18.9 Å². The lowest BCUT2D eigenvalue weighted by Crippen LogP contribution is -2.41. The number of ether oxygens (including phenoxy) is 4. The number of benzene rings is 2. The van der Waals surface area contributed by atoms with Gasteiger partial charge in [0.1, 0.15) is 6.61 Å². The number of hydrogen-bond acceptors (Lipinski definition) is 7. The summed E-state index contributed by atoms with van der Waals surface area (Å²) in [6.07, 6.45) is 5.31. The summed E-state index contributed by atoms with van der Waals surface area (Å²) in [6.45, 7) is 5.20. The number of amides is 2. The van der Waals surface area contributed by atoms with Gasteiger partial charge in [-0.05, 0) is 67.4 Å². The Morgan fingerprint density at radius 3 is 1.97 bits per heavy atom. The summed E-state index contributed by atoms with van der Waals surface area (Å²) in [5.74, 6) is 0.923. The predicted octanol–water partition coefficient (Wildman–Crippen LogP) is 4.32. The summed E-state index contributed by atoms with van der Waals surface area (Å²) in [5, 5.41) is 0. The van der Waals surface area contributed by atoms with E-state index in [0.29, 0.717) is 53.9 Å². The second kappa shape index (κ2) is 13.6. The van der Waals surface area contributed by atoms with Gasteiger partial charge in [0.15, 0.2) is 23.0 Å². The molecular weight excluding hydrogens is 462 g/mol. The monoisotopic (exact) mass is 493 g/mol. The lowest BCUT2D eigenvalue weighted by atomic mass is 10.2. The van der Waals surface area contributed by atoms with Crippen molar-refractivity contribution in [3.05, 3.63) is 77.6 Å². The van der Waals surface area contributed by atoms with Crippen molar-refractivity contribution >= 4 is 11.8 Å². The summed E-state index contributed by atoms with van der Waals surface area (Å²) >= 11 is 0. The van der Waals surface area contributed by atoms with Crippen LogP contribution in [0.3, 0.4) is 0 Å². The fourth-order valence-electron chi connectivity index (χ4n) is 3.19. The van der Waals surface area contributed by atoms with E-state index in [1.165, 1.54) is 7.11 Å². The van der Waals surface area contributed by atoms with Crippen molar-refractivity contribution in [2.45, 2.75) is 33.3 Å². The number of unbranched alkanes of at least 4 members (excludes halogenated alkanes) is 1. The minimum absolute atomic E-state index is 0.298. The molecule has 1 aromatic heterocycles. The summed E-state index contributed by atoms with van der Waals surface area (Å²) in [7, 11) is 1.51. The van der Waals surface area contributed by atoms with Gasteiger partial charge >= 0.3 is 0 Å². The maximum absolute atomic E-state index is 12.7. The summed E-state index contributed by atoms with van der Waals surface area (Å²) in [5.41, 5.74) is 6.41. The van der Waals surface area contributed by atoms with Crippen LogP contribution < -0.4 is 29.8 Å². The molecule has 0 saturated heterocycles. The van der Waals surface area contributed by atoms with Gasteiger partial charge in [0, 0.05) is 23.5 Å². The van der Waals surface area contributed by atoms with Crippen molar-refractivity contribution in [3.63, 3.8) is 0 Å². The Morgan fingerprint density at radius 1 is 0.778 bits per heavy atom. The first kappa shape index (κ1) is 26.3. The van der Waals surface area contributed by atoms with E-state index in [9.17, 15) is 9.59 Å². The molecule has 0 radical (unpaired) electrons. The average molecular weight is 494 g/mol. The van der Waals surface area contributed by atoms with Crippen LogP contribution in [-0.2, 0) is 6.61 Å². The van der Waals surface area contributed by atoms with Gasteiger partial charge in [-0.3, -0.25) is 25.4 Å². The molecule has 2 N–H and O–H groups in total. The average Bonchev–Trinajstić information content (AvgIpc) is 2.91. The number of rotatable bonds is 12. The van der Waals surface area contributed by atoms with Gasteiger partial charge in [0.2, 0.25) is 0 Å². The van der Waals surface area contributed by atoms with Crippen molar-refractivity contribution in [1.29, 1.82) is 0 Å². The highest BCUT2D eigenvalue weighted by Gasteiger charge is 2.15. The molecule has 36 heavy (non-hydrogen) atoms. The molecule has 0 aliphatic heterocycles. The quantitative estimate of drug-likeness (QED) is 0.286. The number of carbonyl (C=O) groups excluding carboxylic acids is 2. The number of carbonyl (C=O) groups is 2. The molecule has 190 valence electrons. The Labute approximate surface area is 210 Å². The first-order valence-corrected chi connectivity index (χ1v) is 11.8. The number of pyridine rings is 1. The number of methoxy groups -OCH3 is 1. The second-order valence-corrected chi connectivity index (χ2v) is 7.71. The SMILES string of the molecule is CCCCOc1ccc(C(=O)NNC(=O)c2ccc(OCc3ccncc3)c(OCC)c2)cc1OC. The maximum atomic E-state index is 12.7. The Hall–Kier alpha value is -4.27. The van der Waals surface area contributed by atoms with Crippen LogP contribution in [-0.4, -0.2) is 37.1 Å². The van der Waals surface area contributed by atoms with Crippen LogP contribution in [0.4, 0.5) is 0 Å². The van der Waals surface area contributed by atoms with Crippen molar-refractivity contribution < 1.29 is 28.5 Å². The van der Waals surface area contributed by atoms with Gasteiger partial charge in [0.05, 0.1) is 20.3 Å².